The number of likely N-dealkylation sites (tertiary alicyclic amines) is 3. The first kappa shape index (κ1) is 16.4. The van der Waals surface area contributed by atoms with E-state index in [-0.39, 0.29) is 0 Å². The number of rotatable bonds is 3. The van der Waals surface area contributed by atoms with Gasteiger partial charge in [-0.3, -0.25) is 9.80 Å². The largest absolute Gasteiger partial charge is 0.301 e. The summed E-state index contributed by atoms with van der Waals surface area (Å²) in [4.78, 5) is 8.28. The molecule has 0 bridgehead atoms. The minimum Gasteiger partial charge on any atom is -0.301 e. The van der Waals surface area contributed by atoms with Crippen LogP contribution in [0.5, 0.6) is 0 Å². The second-order valence-electron chi connectivity index (χ2n) is 9.54. The summed E-state index contributed by atoms with van der Waals surface area (Å²) in [5, 5.41) is 0. The van der Waals surface area contributed by atoms with Crippen molar-refractivity contribution in [2.75, 3.05) is 39.3 Å². The van der Waals surface area contributed by atoms with E-state index in [0.717, 1.165) is 29.5 Å². The average molecular weight is 320 g/mol. The van der Waals surface area contributed by atoms with Gasteiger partial charge in [0.25, 0.3) is 0 Å². The van der Waals surface area contributed by atoms with Crippen molar-refractivity contribution in [1.82, 2.24) is 14.7 Å². The third-order valence-electron chi connectivity index (χ3n) is 7.54. The predicted molar refractivity (Wildman–Crippen MR) is 96.7 cm³/mol. The van der Waals surface area contributed by atoms with Crippen molar-refractivity contribution in [1.29, 1.82) is 0 Å². The van der Waals surface area contributed by atoms with E-state index in [1.165, 1.54) is 77.8 Å². The van der Waals surface area contributed by atoms with Crippen LogP contribution in [0.2, 0.25) is 0 Å². The van der Waals surface area contributed by atoms with Crippen LogP contribution in [0, 0.1) is 11.3 Å². The Labute approximate surface area is 143 Å². The van der Waals surface area contributed by atoms with Crippen molar-refractivity contribution in [3.05, 3.63) is 0 Å². The molecule has 1 aliphatic carbocycles. The van der Waals surface area contributed by atoms with Gasteiger partial charge < -0.3 is 4.90 Å². The fraction of sp³-hybridized carbons (Fsp3) is 1.00. The molecule has 3 aliphatic heterocycles. The van der Waals surface area contributed by atoms with Crippen molar-refractivity contribution in [2.24, 2.45) is 11.3 Å². The van der Waals surface area contributed by atoms with Crippen molar-refractivity contribution < 1.29 is 0 Å². The first-order valence-corrected chi connectivity index (χ1v) is 10.3. The lowest BCUT2D eigenvalue weighted by Gasteiger charge is -2.60. The molecule has 4 fully saturated rings. The van der Waals surface area contributed by atoms with Crippen molar-refractivity contribution in [2.45, 2.75) is 77.4 Å². The van der Waals surface area contributed by atoms with Crippen molar-refractivity contribution >= 4 is 0 Å². The lowest BCUT2D eigenvalue weighted by Crippen LogP contribution is -2.67. The van der Waals surface area contributed by atoms with Gasteiger partial charge in [-0.15, -0.1) is 0 Å². The molecule has 0 N–H and O–H groups in total. The molecule has 3 heteroatoms. The molecule has 3 nitrogen and oxygen atoms in total. The molecular weight excluding hydrogens is 282 g/mol. The van der Waals surface area contributed by atoms with Gasteiger partial charge in [0, 0.05) is 37.8 Å². The summed E-state index contributed by atoms with van der Waals surface area (Å²) in [6.07, 6.45) is 8.80. The highest BCUT2D eigenvalue weighted by molar-refractivity contribution is 5.05. The molecule has 0 aromatic heterocycles. The molecule has 3 heterocycles. The minimum atomic E-state index is 0.737. The molecule has 1 unspecified atom stereocenters. The van der Waals surface area contributed by atoms with E-state index in [9.17, 15) is 0 Å². The van der Waals surface area contributed by atoms with Gasteiger partial charge in [0.1, 0.15) is 0 Å². The molecule has 0 amide bonds. The van der Waals surface area contributed by atoms with E-state index in [1.807, 2.05) is 0 Å². The number of hydrogen-bond acceptors (Lipinski definition) is 3. The van der Waals surface area contributed by atoms with E-state index in [1.54, 1.807) is 0 Å². The van der Waals surface area contributed by atoms with E-state index >= 15 is 0 Å². The molecule has 1 spiro atoms. The van der Waals surface area contributed by atoms with E-state index < -0.39 is 0 Å². The fourth-order valence-corrected chi connectivity index (χ4v) is 5.70. The molecule has 0 aromatic carbocycles. The molecule has 23 heavy (non-hydrogen) atoms. The zero-order valence-corrected chi connectivity index (χ0v) is 15.6. The van der Waals surface area contributed by atoms with Crippen LogP contribution in [-0.2, 0) is 0 Å². The Morgan fingerprint density at radius 3 is 2.17 bits per heavy atom. The summed E-state index contributed by atoms with van der Waals surface area (Å²) >= 11 is 0. The first-order valence-electron chi connectivity index (χ1n) is 10.3. The highest BCUT2D eigenvalue weighted by atomic mass is 15.3. The highest BCUT2D eigenvalue weighted by Crippen LogP contribution is 2.52. The van der Waals surface area contributed by atoms with Crippen LogP contribution < -0.4 is 0 Å². The molecule has 4 aliphatic rings. The molecule has 1 saturated carbocycles. The SMILES string of the molecule is CC1CCCN(C2CN(C3CC4(CCN(C(C)C)CC4)C3)C2)C1. The molecule has 3 saturated heterocycles. The topological polar surface area (TPSA) is 9.72 Å². The maximum atomic E-state index is 2.81. The summed E-state index contributed by atoms with van der Waals surface area (Å²) in [5.74, 6) is 0.927. The second kappa shape index (κ2) is 6.31. The predicted octanol–water partition coefficient (Wildman–Crippen LogP) is 3.06. The maximum absolute atomic E-state index is 2.81. The Morgan fingerprint density at radius 2 is 1.57 bits per heavy atom. The van der Waals surface area contributed by atoms with Gasteiger partial charge in [-0.2, -0.15) is 0 Å². The van der Waals surface area contributed by atoms with Crippen LogP contribution in [0.4, 0.5) is 0 Å². The molecule has 4 rings (SSSR count). The first-order chi connectivity index (χ1) is 11.0. The van der Waals surface area contributed by atoms with Gasteiger partial charge in [-0.1, -0.05) is 6.92 Å². The molecular formula is C20H37N3. The van der Waals surface area contributed by atoms with Crippen LogP contribution >= 0.6 is 0 Å². The van der Waals surface area contributed by atoms with E-state index in [2.05, 4.69) is 35.5 Å². The fourth-order valence-electron chi connectivity index (χ4n) is 5.70. The Balaban J connectivity index is 1.19. The van der Waals surface area contributed by atoms with Gasteiger partial charge in [-0.05, 0) is 83.3 Å². The zero-order valence-electron chi connectivity index (χ0n) is 15.6. The van der Waals surface area contributed by atoms with Crippen LogP contribution in [0.15, 0.2) is 0 Å². The summed E-state index contributed by atoms with van der Waals surface area (Å²) in [6.45, 7) is 15.3. The lowest BCUT2D eigenvalue weighted by molar-refractivity contribution is -0.0954. The summed E-state index contributed by atoms with van der Waals surface area (Å²) in [6, 6.07) is 2.56. The summed E-state index contributed by atoms with van der Waals surface area (Å²) in [7, 11) is 0. The Bertz CT molecular complexity index is 399. The number of piperidine rings is 2. The number of nitrogens with zero attached hydrogens (tertiary/aromatic N) is 3. The maximum Gasteiger partial charge on any atom is 0.0350 e. The normalized spacial score (nSPS) is 34.7. The standard InChI is InChI=1S/C20H37N3/c1-16(2)21-9-6-20(7-10-21)11-18(12-20)23-14-19(15-23)22-8-4-5-17(3)13-22/h16-19H,4-15H2,1-3H3. The highest BCUT2D eigenvalue weighted by Gasteiger charge is 2.50. The quantitative estimate of drug-likeness (QED) is 0.791. The van der Waals surface area contributed by atoms with Crippen LogP contribution in [-0.4, -0.2) is 72.1 Å². The number of hydrogen-bond donors (Lipinski definition) is 0. The van der Waals surface area contributed by atoms with Crippen LogP contribution in [0.1, 0.15) is 59.3 Å². The average Bonchev–Trinajstić information content (AvgIpc) is 2.44. The Kier molecular flexibility index (Phi) is 4.49. The molecule has 1 atom stereocenters. The zero-order chi connectivity index (χ0) is 16.0. The monoisotopic (exact) mass is 319 g/mol. The Morgan fingerprint density at radius 1 is 0.870 bits per heavy atom. The van der Waals surface area contributed by atoms with Crippen molar-refractivity contribution in [3.8, 4) is 0 Å². The smallest absolute Gasteiger partial charge is 0.0350 e. The van der Waals surface area contributed by atoms with Crippen molar-refractivity contribution in [3.63, 3.8) is 0 Å². The van der Waals surface area contributed by atoms with E-state index in [0.29, 0.717) is 0 Å². The van der Waals surface area contributed by atoms with Gasteiger partial charge in [-0.25, -0.2) is 0 Å². The van der Waals surface area contributed by atoms with E-state index in [4.69, 9.17) is 0 Å². The lowest BCUT2D eigenvalue weighted by atomic mass is 9.59. The molecule has 132 valence electrons. The van der Waals surface area contributed by atoms with Gasteiger partial charge in [0.15, 0.2) is 0 Å². The minimum absolute atomic E-state index is 0.737. The molecule has 0 aromatic rings. The van der Waals surface area contributed by atoms with Gasteiger partial charge in [0.05, 0.1) is 0 Å². The third-order valence-corrected chi connectivity index (χ3v) is 7.54. The second-order valence-corrected chi connectivity index (χ2v) is 9.54. The van der Waals surface area contributed by atoms with Crippen LogP contribution in [0.3, 0.4) is 0 Å². The van der Waals surface area contributed by atoms with Gasteiger partial charge >= 0.3 is 0 Å². The Hall–Kier alpha value is -0.120. The summed E-state index contributed by atoms with van der Waals surface area (Å²) < 4.78 is 0. The third kappa shape index (κ3) is 3.21. The molecule has 0 radical (unpaired) electrons. The van der Waals surface area contributed by atoms with Gasteiger partial charge in [0.2, 0.25) is 0 Å². The summed E-state index contributed by atoms with van der Waals surface area (Å²) in [5.41, 5.74) is 0.737. The van der Waals surface area contributed by atoms with Crippen LogP contribution in [0.25, 0.3) is 0 Å².